The summed E-state index contributed by atoms with van der Waals surface area (Å²) in [6.07, 6.45) is 0.328. The van der Waals surface area contributed by atoms with Crippen LogP contribution in [-0.4, -0.2) is 47.2 Å². The third kappa shape index (κ3) is 6.31. The molecule has 200 valence electrons. The van der Waals surface area contributed by atoms with Crippen LogP contribution in [0.25, 0.3) is 0 Å². The summed E-state index contributed by atoms with van der Waals surface area (Å²) in [5.41, 5.74) is 2.97. The molecule has 0 saturated carbocycles. The first kappa shape index (κ1) is 26.7. The predicted molar refractivity (Wildman–Crippen MR) is 128 cm³/mol. The van der Waals surface area contributed by atoms with Gasteiger partial charge in [0.15, 0.2) is 0 Å². The van der Waals surface area contributed by atoms with E-state index in [4.69, 9.17) is 14.2 Å². The van der Waals surface area contributed by atoms with Crippen molar-refractivity contribution in [2.24, 2.45) is 0 Å². The third-order valence-corrected chi connectivity index (χ3v) is 6.31. The van der Waals surface area contributed by atoms with Crippen LogP contribution in [0, 0.1) is 12.7 Å². The molecule has 2 aliphatic heterocycles. The van der Waals surface area contributed by atoms with Gasteiger partial charge in [-0.05, 0) is 26.7 Å². The zero-order valence-electron chi connectivity index (χ0n) is 20.8. The van der Waals surface area contributed by atoms with E-state index < -0.39 is 30.1 Å². The van der Waals surface area contributed by atoms with Crippen molar-refractivity contribution >= 4 is 11.7 Å². The van der Waals surface area contributed by atoms with Crippen molar-refractivity contribution < 1.29 is 32.2 Å². The molecule has 9 nitrogen and oxygen atoms in total. The fraction of sp³-hybridized carbons (Fsp3) is 0.480. The number of hydrogen-bond acceptors (Lipinski definition) is 8. The third-order valence-electron chi connectivity index (χ3n) is 6.31. The number of rotatable bonds is 9. The summed E-state index contributed by atoms with van der Waals surface area (Å²) in [6.45, 7) is 4.55. The van der Waals surface area contributed by atoms with E-state index in [1.165, 1.54) is 24.7 Å². The Morgan fingerprint density at radius 1 is 1.16 bits per heavy atom. The minimum Gasteiger partial charge on any atom is -0.455 e. The van der Waals surface area contributed by atoms with Crippen LogP contribution in [0.3, 0.4) is 0 Å². The van der Waals surface area contributed by atoms with Crippen molar-refractivity contribution in [2.45, 2.75) is 57.9 Å². The molecule has 0 radical (unpaired) electrons. The maximum absolute atomic E-state index is 14.8. The monoisotopic (exact) mass is 521 g/mol. The zero-order chi connectivity index (χ0) is 26.5. The Morgan fingerprint density at radius 2 is 1.84 bits per heavy atom. The number of halogens is 3. The SMILES string of the molecule is Cc1nc(CC(=O)NN(C)C2CCOCC2)c(C2OC=CO2)c(N[C@H](C)c2cccc(C(F)F)c2F)n1. The molecule has 1 aromatic carbocycles. The number of aryl methyl sites for hydroxylation is 1. The number of nitrogens with one attached hydrogen (secondary N) is 2. The minimum atomic E-state index is -2.94. The Bertz CT molecular complexity index is 1140. The quantitative estimate of drug-likeness (QED) is 0.473. The van der Waals surface area contributed by atoms with Gasteiger partial charge in [-0.1, -0.05) is 18.2 Å². The highest BCUT2D eigenvalue weighted by molar-refractivity contribution is 5.78. The van der Waals surface area contributed by atoms with Gasteiger partial charge in [0, 0.05) is 31.9 Å². The van der Waals surface area contributed by atoms with E-state index in [1.54, 1.807) is 18.9 Å². The number of hydrogen-bond donors (Lipinski definition) is 2. The molecule has 0 aliphatic carbocycles. The first-order valence-electron chi connectivity index (χ1n) is 12.0. The lowest BCUT2D eigenvalue weighted by Gasteiger charge is -2.31. The van der Waals surface area contributed by atoms with E-state index in [2.05, 4.69) is 20.7 Å². The normalized spacial score (nSPS) is 17.1. The molecule has 37 heavy (non-hydrogen) atoms. The number of aromatic nitrogens is 2. The lowest BCUT2D eigenvalue weighted by Crippen LogP contribution is -2.48. The molecule has 0 spiro atoms. The number of anilines is 1. The van der Waals surface area contributed by atoms with E-state index in [1.807, 2.05) is 7.05 Å². The molecule has 1 atom stereocenters. The number of amides is 1. The Morgan fingerprint density at radius 3 is 2.51 bits per heavy atom. The fourth-order valence-corrected chi connectivity index (χ4v) is 4.41. The number of carbonyl (C=O) groups excluding carboxylic acids is 1. The van der Waals surface area contributed by atoms with Gasteiger partial charge in [-0.3, -0.25) is 10.2 Å². The highest BCUT2D eigenvalue weighted by Crippen LogP contribution is 2.35. The van der Waals surface area contributed by atoms with Gasteiger partial charge in [-0.2, -0.15) is 0 Å². The zero-order valence-corrected chi connectivity index (χ0v) is 20.8. The van der Waals surface area contributed by atoms with Gasteiger partial charge in [-0.25, -0.2) is 28.1 Å². The smallest absolute Gasteiger partial charge is 0.271 e. The number of nitrogens with zero attached hydrogens (tertiary/aromatic N) is 3. The van der Waals surface area contributed by atoms with Gasteiger partial charge < -0.3 is 19.5 Å². The first-order valence-corrected chi connectivity index (χ1v) is 12.0. The number of carbonyl (C=O) groups is 1. The first-order chi connectivity index (χ1) is 17.7. The molecule has 0 unspecified atom stereocenters. The number of ether oxygens (including phenoxy) is 3. The molecular weight excluding hydrogens is 491 g/mol. The summed E-state index contributed by atoms with van der Waals surface area (Å²) in [4.78, 5) is 21.9. The Labute approximate surface area is 213 Å². The molecule has 2 N–H and O–H groups in total. The molecule has 12 heteroatoms. The van der Waals surface area contributed by atoms with Crippen LogP contribution in [0.1, 0.15) is 66.7 Å². The number of alkyl halides is 2. The van der Waals surface area contributed by atoms with Crippen molar-refractivity contribution in [3.05, 3.63) is 64.7 Å². The second-order valence-corrected chi connectivity index (χ2v) is 8.94. The van der Waals surface area contributed by atoms with Gasteiger partial charge in [0.25, 0.3) is 12.7 Å². The Kier molecular flexibility index (Phi) is 8.49. The second kappa shape index (κ2) is 11.8. The number of benzene rings is 1. The molecule has 3 heterocycles. The highest BCUT2D eigenvalue weighted by atomic mass is 19.3. The van der Waals surface area contributed by atoms with E-state index in [9.17, 15) is 18.0 Å². The van der Waals surface area contributed by atoms with Crippen molar-refractivity contribution in [1.29, 1.82) is 0 Å². The molecular formula is C25H30F3N5O4. The van der Waals surface area contributed by atoms with Crippen LogP contribution in [0.4, 0.5) is 19.0 Å². The van der Waals surface area contributed by atoms with Crippen molar-refractivity contribution in [1.82, 2.24) is 20.4 Å². The largest absolute Gasteiger partial charge is 0.455 e. The van der Waals surface area contributed by atoms with Crippen LogP contribution >= 0.6 is 0 Å². The summed E-state index contributed by atoms with van der Waals surface area (Å²) in [7, 11) is 1.81. The van der Waals surface area contributed by atoms with E-state index in [-0.39, 0.29) is 29.8 Å². The van der Waals surface area contributed by atoms with Gasteiger partial charge >= 0.3 is 0 Å². The van der Waals surface area contributed by atoms with Crippen LogP contribution in [0.15, 0.2) is 30.7 Å². The van der Waals surface area contributed by atoms with Crippen LogP contribution in [0.2, 0.25) is 0 Å². The summed E-state index contributed by atoms with van der Waals surface area (Å²) < 4.78 is 57.7. The predicted octanol–water partition coefficient (Wildman–Crippen LogP) is 4.24. The average molecular weight is 522 g/mol. The minimum absolute atomic E-state index is 0.0452. The van der Waals surface area contributed by atoms with Crippen LogP contribution in [0.5, 0.6) is 0 Å². The summed E-state index contributed by atoms with van der Waals surface area (Å²) in [6, 6.07) is 3.27. The molecule has 1 fully saturated rings. The molecule has 1 aromatic heterocycles. The summed E-state index contributed by atoms with van der Waals surface area (Å²) in [5.74, 6) is -0.687. The van der Waals surface area contributed by atoms with Crippen LogP contribution < -0.4 is 10.7 Å². The maximum Gasteiger partial charge on any atom is 0.271 e. The maximum atomic E-state index is 14.8. The fourth-order valence-electron chi connectivity index (χ4n) is 4.41. The topological polar surface area (TPSA) is 97.8 Å². The van der Waals surface area contributed by atoms with E-state index in [0.717, 1.165) is 18.9 Å². The van der Waals surface area contributed by atoms with E-state index in [0.29, 0.717) is 30.3 Å². The highest BCUT2D eigenvalue weighted by Gasteiger charge is 2.30. The molecule has 1 saturated heterocycles. The van der Waals surface area contributed by atoms with E-state index >= 15 is 0 Å². The average Bonchev–Trinajstić information content (AvgIpc) is 3.38. The summed E-state index contributed by atoms with van der Waals surface area (Å²) >= 11 is 0. The van der Waals surface area contributed by atoms with Gasteiger partial charge in [-0.15, -0.1) is 0 Å². The van der Waals surface area contributed by atoms with Crippen molar-refractivity contribution in [3.8, 4) is 0 Å². The molecule has 1 amide bonds. The van der Waals surface area contributed by atoms with Crippen LogP contribution in [-0.2, 0) is 25.4 Å². The molecule has 0 bridgehead atoms. The lowest BCUT2D eigenvalue weighted by molar-refractivity contribution is -0.126. The lowest BCUT2D eigenvalue weighted by atomic mass is 10.0. The standard InChI is InChI=1S/C25H30F3N5O4/c1-14(17-5-4-6-18(22(17)26)23(27)28)29-24-21(25-36-11-12-37-25)19(30-15(2)31-24)13-20(34)32-33(3)16-7-9-35-10-8-16/h4-6,11-12,14,16,23,25H,7-10,13H2,1-3H3,(H,32,34)(H,29,30,31)/t14-/m1/s1. The second-order valence-electron chi connectivity index (χ2n) is 8.94. The van der Waals surface area contributed by atoms with Gasteiger partial charge in [0.2, 0.25) is 5.91 Å². The molecule has 2 aromatic rings. The van der Waals surface area contributed by atoms with Gasteiger partial charge in [0.05, 0.1) is 29.3 Å². The van der Waals surface area contributed by atoms with Gasteiger partial charge in [0.1, 0.15) is 30.0 Å². The Hall–Kier alpha value is -3.38. The Balaban J connectivity index is 1.59. The van der Waals surface area contributed by atoms with Crippen molar-refractivity contribution in [2.75, 3.05) is 25.6 Å². The summed E-state index contributed by atoms with van der Waals surface area (Å²) in [5, 5.41) is 4.86. The number of hydrazine groups is 1. The van der Waals surface area contributed by atoms with Crippen molar-refractivity contribution in [3.63, 3.8) is 0 Å². The molecule has 2 aliphatic rings. The molecule has 4 rings (SSSR count).